The second-order valence-electron chi connectivity index (χ2n) is 2.87. The Bertz CT molecular complexity index is 360. The van der Waals surface area contributed by atoms with Gasteiger partial charge in [-0.25, -0.2) is 0 Å². The molecule has 15 heavy (non-hydrogen) atoms. The third kappa shape index (κ3) is 2.65. The van der Waals surface area contributed by atoms with Gasteiger partial charge in [0.25, 0.3) is 0 Å². The SMILES string of the molecule is O=[N+]([O-])c1ncccc1C(O)C(O)CS. The van der Waals surface area contributed by atoms with Crippen LogP contribution < -0.4 is 0 Å². The summed E-state index contributed by atoms with van der Waals surface area (Å²) in [5.41, 5.74) is -0.0101. The van der Waals surface area contributed by atoms with Crippen molar-refractivity contribution >= 4 is 18.4 Å². The van der Waals surface area contributed by atoms with Gasteiger partial charge in [-0.1, -0.05) is 0 Å². The van der Waals surface area contributed by atoms with Gasteiger partial charge < -0.3 is 20.3 Å². The van der Waals surface area contributed by atoms with E-state index in [0.717, 1.165) is 0 Å². The highest BCUT2D eigenvalue weighted by Crippen LogP contribution is 2.24. The van der Waals surface area contributed by atoms with E-state index >= 15 is 0 Å². The normalized spacial score (nSPS) is 14.6. The first-order valence-corrected chi connectivity index (χ1v) is 4.77. The largest absolute Gasteiger partial charge is 0.389 e. The predicted octanol–water partition coefficient (Wildman–Crippen LogP) is 0.314. The van der Waals surface area contributed by atoms with Crippen LogP contribution in [0.1, 0.15) is 11.7 Å². The van der Waals surface area contributed by atoms with Gasteiger partial charge in [-0.2, -0.15) is 12.6 Å². The Morgan fingerprint density at radius 3 is 2.80 bits per heavy atom. The molecular weight excluding hydrogens is 220 g/mol. The van der Waals surface area contributed by atoms with Crippen molar-refractivity contribution in [1.29, 1.82) is 0 Å². The zero-order chi connectivity index (χ0) is 11.4. The van der Waals surface area contributed by atoms with Gasteiger partial charge in [-0.05, 0) is 22.0 Å². The summed E-state index contributed by atoms with van der Waals surface area (Å²) < 4.78 is 0. The molecular formula is C8H10N2O4S. The van der Waals surface area contributed by atoms with Crippen molar-refractivity contribution in [1.82, 2.24) is 4.98 Å². The number of pyridine rings is 1. The molecule has 0 amide bonds. The summed E-state index contributed by atoms with van der Waals surface area (Å²) in [5.74, 6) is -0.446. The van der Waals surface area contributed by atoms with Gasteiger partial charge in [0, 0.05) is 5.75 Å². The molecule has 0 aliphatic carbocycles. The highest BCUT2D eigenvalue weighted by Gasteiger charge is 2.25. The molecule has 0 bridgehead atoms. The number of nitrogens with zero attached hydrogens (tertiary/aromatic N) is 2. The molecule has 0 aliphatic rings. The average molecular weight is 230 g/mol. The molecule has 0 fully saturated rings. The van der Waals surface area contributed by atoms with Crippen molar-refractivity contribution in [3.63, 3.8) is 0 Å². The monoisotopic (exact) mass is 230 g/mol. The van der Waals surface area contributed by atoms with Crippen LogP contribution in [0.2, 0.25) is 0 Å². The maximum atomic E-state index is 10.6. The standard InChI is InChI=1S/C8H10N2O4S/c11-6(4-15)7(12)5-2-1-3-9-8(5)10(13)14/h1-3,6-7,11-12,15H,4H2. The fourth-order valence-electron chi connectivity index (χ4n) is 1.10. The summed E-state index contributed by atoms with van der Waals surface area (Å²) in [4.78, 5) is 13.4. The van der Waals surface area contributed by atoms with Crippen LogP contribution in [0.4, 0.5) is 5.82 Å². The Morgan fingerprint density at radius 1 is 1.60 bits per heavy atom. The summed E-state index contributed by atoms with van der Waals surface area (Å²) in [5, 5.41) is 29.5. The van der Waals surface area contributed by atoms with Gasteiger partial charge in [0.15, 0.2) is 0 Å². The molecule has 82 valence electrons. The van der Waals surface area contributed by atoms with Crippen LogP contribution in [0, 0.1) is 10.1 Å². The molecule has 1 rings (SSSR count). The topological polar surface area (TPSA) is 96.5 Å². The Hall–Kier alpha value is -1.18. The first kappa shape index (κ1) is 11.9. The molecule has 2 atom stereocenters. The van der Waals surface area contributed by atoms with Crippen LogP contribution in [0.15, 0.2) is 18.3 Å². The van der Waals surface area contributed by atoms with E-state index in [1.165, 1.54) is 18.3 Å². The average Bonchev–Trinajstić information content (AvgIpc) is 2.27. The zero-order valence-corrected chi connectivity index (χ0v) is 8.54. The molecule has 0 radical (unpaired) electrons. The number of aromatic nitrogens is 1. The molecule has 0 saturated heterocycles. The third-order valence-corrected chi connectivity index (χ3v) is 2.23. The molecule has 0 saturated carbocycles. The molecule has 0 aromatic carbocycles. The summed E-state index contributed by atoms with van der Waals surface area (Å²) in [7, 11) is 0. The van der Waals surface area contributed by atoms with Crippen molar-refractivity contribution in [2.45, 2.75) is 12.2 Å². The molecule has 6 nitrogen and oxygen atoms in total. The summed E-state index contributed by atoms with van der Waals surface area (Å²) in [6.45, 7) is 0. The minimum absolute atomic E-state index is 0.00716. The van der Waals surface area contributed by atoms with Crippen LogP contribution >= 0.6 is 12.6 Å². The smallest absolute Gasteiger partial charge is 0.369 e. The van der Waals surface area contributed by atoms with Crippen LogP contribution in [0.3, 0.4) is 0 Å². The van der Waals surface area contributed by atoms with Gasteiger partial charge in [-0.15, -0.1) is 0 Å². The van der Waals surface area contributed by atoms with Crippen molar-refractivity contribution < 1.29 is 15.1 Å². The Morgan fingerprint density at radius 2 is 2.27 bits per heavy atom. The van der Waals surface area contributed by atoms with E-state index in [9.17, 15) is 20.3 Å². The lowest BCUT2D eigenvalue weighted by atomic mass is 10.1. The lowest BCUT2D eigenvalue weighted by Crippen LogP contribution is -2.21. The van der Waals surface area contributed by atoms with E-state index < -0.39 is 22.9 Å². The Balaban J connectivity index is 3.07. The lowest BCUT2D eigenvalue weighted by Gasteiger charge is -2.15. The van der Waals surface area contributed by atoms with Gasteiger partial charge in [0.2, 0.25) is 0 Å². The fraction of sp³-hybridized carbons (Fsp3) is 0.375. The number of rotatable bonds is 4. The van der Waals surface area contributed by atoms with Gasteiger partial charge in [0.1, 0.15) is 12.3 Å². The summed E-state index contributed by atoms with van der Waals surface area (Å²) in [6.07, 6.45) is -1.26. The van der Waals surface area contributed by atoms with Crippen LogP contribution in [-0.2, 0) is 0 Å². The summed E-state index contributed by atoms with van der Waals surface area (Å²) >= 11 is 3.79. The first-order valence-electron chi connectivity index (χ1n) is 4.14. The van der Waals surface area contributed by atoms with E-state index in [0.29, 0.717) is 0 Å². The summed E-state index contributed by atoms with van der Waals surface area (Å²) in [6, 6.07) is 2.80. The third-order valence-electron chi connectivity index (χ3n) is 1.86. The number of thiol groups is 1. The first-order chi connectivity index (χ1) is 7.07. The fourth-order valence-corrected chi connectivity index (χ4v) is 1.30. The molecule has 2 unspecified atom stereocenters. The number of hydrogen-bond acceptors (Lipinski definition) is 6. The molecule has 0 aliphatic heterocycles. The second-order valence-corrected chi connectivity index (χ2v) is 3.23. The van der Waals surface area contributed by atoms with E-state index in [1.54, 1.807) is 0 Å². The quantitative estimate of drug-likeness (QED) is 0.393. The maximum absolute atomic E-state index is 10.6. The van der Waals surface area contributed by atoms with E-state index in [1.807, 2.05) is 0 Å². The van der Waals surface area contributed by atoms with E-state index in [-0.39, 0.29) is 11.3 Å². The molecule has 1 aromatic rings. The highest BCUT2D eigenvalue weighted by molar-refractivity contribution is 7.80. The van der Waals surface area contributed by atoms with Crippen molar-refractivity contribution in [2.24, 2.45) is 0 Å². The maximum Gasteiger partial charge on any atom is 0.369 e. The molecule has 0 spiro atoms. The zero-order valence-electron chi connectivity index (χ0n) is 7.65. The number of aliphatic hydroxyl groups is 2. The van der Waals surface area contributed by atoms with Crippen LogP contribution in [0.25, 0.3) is 0 Å². The van der Waals surface area contributed by atoms with Gasteiger partial charge >= 0.3 is 5.82 Å². The predicted molar refractivity (Wildman–Crippen MR) is 55.7 cm³/mol. The minimum Gasteiger partial charge on any atom is -0.389 e. The van der Waals surface area contributed by atoms with Crippen molar-refractivity contribution in [3.8, 4) is 0 Å². The molecule has 7 heteroatoms. The van der Waals surface area contributed by atoms with Crippen LogP contribution in [0.5, 0.6) is 0 Å². The second kappa shape index (κ2) is 5.06. The molecule has 1 heterocycles. The molecule has 1 aromatic heterocycles. The van der Waals surface area contributed by atoms with E-state index in [4.69, 9.17) is 0 Å². The Kier molecular flexibility index (Phi) is 4.01. The van der Waals surface area contributed by atoms with E-state index in [2.05, 4.69) is 17.6 Å². The Labute approximate surface area is 91.1 Å². The molecule has 2 N–H and O–H groups in total. The minimum atomic E-state index is -1.35. The van der Waals surface area contributed by atoms with Gasteiger partial charge in [0.05, 0.1) is 11.7 Å². The highest BCUT2D eigenvalue weighted by atomic mass is 32.1. The van der Waals surface area contributed by atoms with Crippen molar-refractivity contribution in [3.05, 3.63) is 34.0 Å². The van der Waals surface area contributed by atoms with Gasteiger partial charge in [-0.3, -0.25) is 0 Å². The number of aliphatic hydroxyl groups excluding tert-OH is 2. The number of nitro groups is 1. The number of hydrogen-bond donors (Lipinski definition) is 3. The van der Waals surface area contributed by atoms with Crippen LogP contribution in [-0.4, -0.2) is 32.0 Å². The van der Waals surface area contributed by atoms with Crippen molar-refractivity contribution in [2.75, 3.05) is 5.75 Å². The lowest BCUT2D eigenvalue weighted by molar-refractivity contribution is -0.391.